The van der Waals surface area contributed by atoms with Crippen molar-refractivity contribution in [2.75, 3.05) is 5.01 Å². The van der Waals surface area contributed by atoms with E-state index in [1.54, 1.807) is 0 Å². The molecule has 1 aliphatic rings. The van der Waals surface area contributed by atoms with Gasteiger partial charge in [0.15, 0.2) is 0 Å². The SMILES string of the molecule is Cc1ccc(C2=NN(c3ccccc3)[C@@H](/C=C/c3ccccc3)C2)cc1. The van der Waals surface area contributed by atoms with Crippen LogP contribution >= 0.6 is 0 Å². The molecule has 26 heavy (non-hydrogen) atoms. The minimum atomic E-state index is 0.217. The molecular formula is C24H22N2. The third-order valence-electron chi connectivity index (χ3n) is 4.66. The summed E-state index contributed by atoms with van der Waals surface area (Å²) in [5.74, 6) is 0. The fraction of sp³-hybridized carbons (Fsp3) is 0.125. The van der Waals surface area contributed by atoms with E-state index < -0.39 is 0 Å². The molecule has 0 bridgehead atoms. The van der Waals surface area contributed by atoms with E-state index in [9.17, 15) is 0 Å². The van der Waals surface area contributed by atoms with Gasteiger partial charge >= 0.3 is 0 Å². The zero-order chi connectivity index (χ0) is 17.8. The first-order valence-corrected chi connectivity index (χ1v) is 9.02. The van der Waals surface area contributed by atoms with Crippen LogP contribution in [0.1, 0.15) is 23.1 Å². The van der Waals surface area contributed by atoms with Crippen LogP contribution in [0.3, 0.4) is 0 Å². The fourth-order valence-electron chi connectivity index (χ4n) is 3.22. The average Bonchev–Trinajstić information content (AvgIpc) is 3.13. The van der Waals surface area contributed by atoms with Crippen LogP contribution in [-0.4, -0.2) is 11.8 Å². The molecule has 1 atom stereocenters. The monoisotopic (exact) mass is 338 g/mol. The molecule has 0 amide bonds. The second-order valence-corrected chi connectivity index (χ2v) is 6.63. The normalized spacial score (nSPS) is 16.9. The van der Waals surface area contributed by atoms with Gasteiger partial charge in [0.1, 0.15) is 0 Å². The second-order valence-electron chi connectivity index (χ2n) is 6.63. The maximum atomic E-state index is 4.95. The van der Waals surface area contributed by atoms with Crippen LogP contribution in [0.4, 0.5) is 5.69 Å². The van der Waals surface area contributed by atoms with Crippen LogP contribution in [0, 0.1) is 6.92 Å². The van der Waals surface area contributed by atoms with Crippen LogP contribution in [0.15, 0.2) is 96.1 Å². The van der Waals surface area contributed by atoms with Crippen LogP contribution < -0.4 is 5.01 Å². The third-order valence-corrected chi connectivity index (χ3v) is 4.66. The van der Waals surface area contributed by atoms with Gasteiger partial charge in [0.2, 0.25) is 0 Å². The zero-order valence-electron chi connectivity index (χ0n) is 14.9. The van der Waals surface area contributed by atoms with E-state index >= 15 is 0 Å². The van der Waals surface area contributed by atoms with E-state index in [1.807, 2.05) is 12.1 Å². The smallest absolute Gasteiger partial charge is 0.0765 e. The number of aryl methyl sites for hydroxylation is 1. The van der Waals surface area contributed by atoms with Gasteiger partial charge in [0.25, 0.3) is 0 Å². The van der Waals surface area contributed by atoms with Gasteiger partial charge in [-0.15, -0.1) is 0 Å². The van der Waals surface area contributed by atoms with Gasteiger partial charge in [-0.1, -0.05) is 90.5 Å². The number of anilines is 1. The number of hydrogen-bond donors (Lipinski definition) is 0. The van der Waals surface area contributed by atoms with Crippen molar-refractivity contribution in [3.8, 4) is 0 Å². The Hall–Kier alpha value is -3.13. The van der Waals surface area contributed by atoms with Gasteiger partial charge in [-0.2, -0.15) is 5.10 Å². The molecule has 0 spiro atoms. The molecule has 0 fully saturated rings. The molecule has 4 rings (SSSR count). The summed E-state index contributed by atoms with van der Waals surface area (Å²) in [6, 6.07) is 29.7. The Morgan fingerprint density at radius 2 is 1.50 bits per heavy atom. The van der Waals surface area contributed by atoms with Crippen LogP contribution in [0.25, 0.3) is 6.08 Å². The lowest BCUT2D eigenvalue weighted by Crippen LogP contribution is -2.23. The zero-order valence-corrected chi connectivity index (χ0v) is 14.9. The predicted octanol–water partition coefficient (Wildman–Crippen LogP) is 5.69. The van der Waals surface area contributed by atoms with Crippen molar-refractivity contribution in [2.24, 2.45) is 5.10 Å². The highest BCUT2D eigenvalue weighted by molar-refractivity contribution is 6.03. The van der Waals surface area contributed by atoms with Gasteiger partial charge in [-0.25, -0.2) is 0 Å². The minimum absolute atomic E-state index is 0.217. The molecule has 0 aliphatic carbocycles. The Morgan fingerprint density at radius 1 is 0.846 bits per heavy atom. The molecule has 0 saturated heterocycles. The lowest BCUT2D eigenvalue weighted by molar-refractivity contribution is 0.791. The molecule has 1 aliphatic heterocycles. The van der Waals surface area contributed by atoms with Crippen molar-refractivity contribution in [1.82, 2.24) is 0 Å². The first-order valence-electron chi connectivity index (χ1n) is 9.02. The Balaban J connectivity index is 1.65. The molecule has 2 heteroatoms. The van der Waals surface area contributed by atoms with E-state index in [4.69, 9.17) is 5.10 Å². The maximum absolute atomic E-state index is 4.95. The maximum Gasteiger partial charge on any atom is 0.0765 e. The highest BCUT2D eigenvalue weighted by atomic mass is 15.5. The number of rotatable bonds is 4. The molecular weight excluding hydrogens is 316 g/mol. The van der Waals surface area contributed by atoms with Crippen molar-refractivity contribution in [3.63, 3.8) is 0 Å². The molecule has 1 heterocycles. The summed E-state index contributed by atoms with van der Waals surface area (Å²) in [7, 11) is 0. The van der Waals surface area contributed by atoms with Crippen LogP contribution in [0.2, 0.25) is 0 Å². The predicted molar refractivity (Wildman–Crippen MR) is 111 cm³/mol. The Bertz CT molecular complexity index is 909. The van der Waals surface area contributed by atoms with Gasteiger partial charge in [0.05, 0.1) is 17.4 Å². The molecule has 3 aromatic carbocycles. The summed E-state index contributed by atoms with van der Waals surface area (Å²) in [6.45, 7) is 2.11. The van der Waals surface area contributed by atoms with E-state index in [-0.39, 0.29) is 6.04 Å². The number of hydrazone groups is 1. The first kappa shape index (κ1) is 16.3. The molecule has 3 aromatic rings. The summed E-state index contributed by atoms with van der Waals surface area (Å²) in [5.41, 5.74) is 5.94. The van der Waals surface area contributed by atoms with Crippen molar-refractivity contribution in [2.45, 2.75) is 19.4 Å². The van der Waals surface area contributed by atoms with E-state index in [0.29, 0.717) is 0 Å². The Morgan fingerprint density at radius 3 is 2.19 bits per heavy atom. The first-order chi connectivity index (χ1) is 12.8. The van der Waals surface area contributed by atoms with E-state index in [0.717, 1.165) is 17.8 Å². The second kappa shape index (κ2) is 7.40. The largest absolute Gasteiger partial charge is 0.258 e. The lowest BCUT2D eigenvalue weighted by Gasteiger charge is -2.20. The summed E-state index contributed by atoms with van der Waals surface area (Å²) in [6.07, 6.45) is 5.35. The molecule has 128 valence electrons. The average molecular weight is 338 g/mol. The molecule has 2 nitrogen and oxygen atoms in total. The highest BCUT2D eigenvalue weighted by Crippen LogP contribution is 2.28. The van der Waals surface area contributed by atoms with Crippen molar-refractivity contribution in [3.05, 3.63) is 108 Å². The van der Waals surface area contributed by atoms with Crippen molar-refractivity contribution in [1.29, 1.82) is 0 Å². The lowest BCUT2D eigenvalue weighted by atomic mass is 10.0. The quantitative estimate of drug-likeness (QED) is 0.596. The van der Waals surface area contributed by atoms with Crippen molar-refractivity contribution < 1.29 is 0 Å². The minimum Gasteiger partial charge on any atom is -0.258 e. The Kier molecular flexibility index (Phi) is 4.65. The molecule has 0 saturated carbocycles. The van der Waals surface area contributed by atoms with Gasteiger partial charge in [-0.05, 0) is 30.2 Å². The standard InChI is InChI=1S/C24H22N2/c1-19-12-15-21(16-13-19)24-18-23(17-14-20-8-4-2-5-9-20)26(25-24)22-10-6-3-7-11-22/h2-17,23H,18H2,1H3/b17-14+/t23-/m0/s1. The Labute approximate surface area is 155 Å². The van der Waals surface area contributed by atoms with Crippen molar-refractivity contribution >= 4 is 17.5 Å². The van der Waals surface area contributed by atoms with Crippen LogP contribution in [0.5, 0.6) is 0 Å². The molecule has 0 aromatic heterocycles. The molecule has 0 unspecified atom stereocenters. The number of benzene rings is 3. The van der Waals surface area contributed by atoms with Crippen LogP contribution in [-0.2, 0) is 0 Å². The van der Waals surface area contributed by atoms with E-state index in [2.05, 4.69) is 96.9 Å². The molecule has 0 radical (unpaired) electrons. The fourth-order valence-corrected chi connectivity index (χ4v) is 3.22. The topological polar surface area (TPSA) is 15.6 Å². The number of para-hydroxylation sites is 1. The third kappa shape index (κ3) is 3.60. The molecule has 0 N–H and O–H groups in total. The number of hydrogen-bond acceptors (Lipinski definition) is 2. The summed E-state index contributed by atoms with van der Waals surface area (Å²) < 4.78 is 0. The van der Waals surface area contributed by atoms with Gasteiger partial charge in [0, 0.05) is 6.42 Å². The van der Waals surface area contributed by atoms with Gasteiger partial charge in [-0.3, -0.25) is 5.01 Å². The van der Waals surface area contributed by atoms with Gasteiger partial charge < -0.3 is 0 Å². The summed E-state index contributed by atoms with van der Waals surface area (Å²) >= 11 is 0. The summed E-state index contributed by atoms with van der Waals surface area (Å²) in [5, 5.41) is 7.08. The van der Waals surface area contributed by atoms with E-state index in [1.165, 1.54) is 16.7 Å². The highest BCUT2D eigenvalue weighted by Gasteiger charge is 2.26. The number of nitrogens with zero attached hydrogens (tertiary/aromatic N) is 2. The summed E-state index contributed by atoms with van der Waals surface area (Å²) in [4.78, 5) is 0.